The molecular weight excluding hydrogens is 718 g/mol. The molecule has 0 bridgehead atoms. The molecule has 5 aromatic rings. The lowest BCUT2D eigenvalue weighted by atomic mass is 9.97. The molecule has 3 aromatic heterocycles. The van der Waals surface area contributed by atoms with E-state index >= 15 is 0 Å². The molecule has 0 radical (unpaired) electrons. The molecule has 17 heteroatoms. The highest BCUT2D eigenvalue weighted by Crippen LogP contribution is 2.41. The molecule has 0 saturated heterocycles. The number of hydrogen-bond acceptors (Lipinski definition) is 10. The van der Waals surface area contributed by atoms with Crippen LogP contribution in [0.5, 0.6) is 17.2 Å². The number of aromatic nitrogens is 4. The molecule has 3 heterocycles. The maximum atomic E-state index is 14.8. The third kappa shape index (κ3) is 6.42. The van der Waals surface area contributed by atoms with Crippen molar-refractivity contribution in [3.63, 3.8) is 0 Å². The van der Waals surface area contributed by atoms with Crippen molar-refractivity contribution >= 4 is 33.3 Å². The number of benzene rings is 2. The van der Waals surface area contributed by atoms with Gasteiger partial charge >= 0.3 is 0 Å². The molecule has 0 aliphatic heterocycles. The van der Waals surface area contributed by atoms with Gasteiger partial charge in [0.25, 0.3) is 11.1 Å². The summed E-state index contributed by atoms with van der Waals surface area (Å²) in [5.74, 6) is -10.2. The number of methoxy groups -OCH3 is 3. The van der Waals surface area contributed by atoms with Crippen molar-refractivity contribution in [1.82, 2.24) is 19.1 Å². The number of nitrogens with zero attached hydrogens (tertiary/aromatic N) is 5. The highest BCUT2D eigenvalue weighted by Gasteiger charge is 2.29. The Labute approximate surface area is 295 Å². The van der Waals surface area contributed by atoms with E-state index in [4.69, 9.17) is 14.2 Å². The van der Waals surface area contributed by atoms with Crippen LogP contribution in [0, 0.1) is 40.4 Å². The first kappa shape index (κ1) is 35.9. The van der Waals surface area contributed by atoms with Crippen LogP contribution in [0.4, 0.5) is 22.0 Å². The molecule has 1 aliphatic rings. The van der Waals surface area contributed by atoms with Crippen molar-refractivity contribution < 1.29 is 36.2 Å². The Hall–Kier alpha value is -4.95. The topological polar surface area (TPSA) is 121 Å². The fourth-order valence-corrected chi connectivity index (χ4v) is 8.13. The largest absolute Gasteiger partial charge is 0.493 e. The summed E-state index contributed by atoms with van der Waals surface area (Å²) in [7, 11) is 4.09. The van der Waals surface area contributed by atoms with E-state index in [2.05, 4.69) is 9.97 Å². The lowest BCUT2D eigenvalue weighted by molar-refractivity contribution is 0.324. The summed E-state index contributed by atoms with van der Waals surface area (Å²) in [4.78, 5) is 38.2. The van der Waals surface area contributed by atoms with Crippen LogP contribution in [-0.4, -0.2) is 46.2 Å². The number of hydrogen-bond donors (Lipinski definition) is 0. The maximum absolute atomic E-state index is 14.8. The number of ether oxygens (including phenoxy) is 3. The Bertz CT molecular complexity index is 2300. The summed E-state index contributed by atoms with van der Waals surface area (Å²) in [5, 5.41) is 10.5. The van der Waals surface area contributed by atoms with E-state index in [9.17, 15) is 36.8 Å². The number of fused-ring (bicyclic) bond motifs is 3. The average molecular weight is 746 g/mol. The average Bonchev–Trinajstić information content (AvgIpc) is 3.53. The fraction of sp³-hybridized carbons (Fsp3) is 0.324. The van der Waals surface area contributed by atoms with E-state index in [1.807, 2.05) is 0 Å². The molecule has 6 rings (SSSR count). The van der Waals surface area contributed by atoms with Gasteiger partial charge < -0.3 is 14.2 Å². The van der Waals surface area contributed by atoms with Crippen LogP contribution in [0.3, 0.4) is 0 Å². The standard InChI is InChI=1S/C34H28F5N5O5S2/c1-47-20-11-16(12-21(48-2)30(20)49-3)29-18(13-40)32(45)44(14-19-24(35)26(37)28(39)27(38)25(19)36)34(42-29)50-10-6-9-43-15-41-31-23(33(43)46)17-7-4-5-8-22(17)51-31/h11-12,15H,4-10,14H2,1-3H3. The second kappa shape index (κ2) is 14.7. The van der Waals surface area contributed by atoms with Crippen LogP contribution < -0.4 is 25.3 Å². The Kier molecular flexibility index (Phi) is 10.4. The molecule has 0 spiro atoms. The summed E-state index contributed by atoms with van der Waals surface area (Å²) >= 11 is 2.46. The second-order valence-electron chi connectivity index (χ2n) is 11.4. The molecule has 0 N–H and O–H groups in total. The van der Waals surface area contributed by atoms with Gasteiger partial charge in [-0.2, -0.15) is 5.26 Å². The number of thiophene rings is 1. The Balaban J connectivity index is 1.40. The van der Waals surface area contributed by atoms with Crippen molar-refractivity contribution in [3.8, 4) is 34.6 Å². The van der Waals surface area contributed by atoms with Gasteiger partial charge in [-0.25, -0.2) is 31.9 Å². The smallest absolute Gasteiger partial charge is 0.273 e. The van der Waals surface area contributed by atoms with Crippen LogP contribution in [0.2, 0.25) is 0 Å². The minimum atomic E-state index is -2.35. The highest BCUT2D eigenvalue weighted by molar-refractivity contribution is 7.99. The van der Waals surface area contributed by atoms with E-state index in [0.717, 1.165) is 43.0 Å². The van der Waals surface area contributed by atoms with Crippen LogP contribution in [0.15, 0.2) is 33.2 Å². The van der Waals surface area contributed by atoms with E-state index in [-0.39, 0.29) is 51.5 Å². The predicted octanol–water partition coefficient (Wildman–Crippen LogP) is 6.38. The van der Waals surface area contributed by atoms with Gasteiger partial charge in [-0.05, 0) is 49.8 Å². The zero-order chi connectivity index (χ0) is 36.6. The first-order valence-corrected chi connectivity index (χ1v) is 17.3. The van der Waals surface area contributed by atoms with Gasteiger partial charge in [0, 0.05) is 28.3 Å². The summed E-state index contributed by atoms with van der Waals surface area (Å²) in [6.45, 7) is -0.912. The van der Waals surface area contributed by atoms with Gasteiger partial charge in [0.2, 0.25) is 11.6 Å². The first-order valence-electron chi connectivity index (χ1n) is 15.5. The van der Waals surface area contributed by atoms with Crippen LogP contribution in [0.25, 0.3) is 21.5 Å². The molecule has 266 valence electrons. The number of thioether (sulfide) groups is 1. The van der Waals surface area contributed by atoms with E-state index < -0.39 is 52.3 Å². The van der Waals surface area contributed by atoms with Gasteiger partial charge in [-0.15, -0.1) is 11.3 Å². The molecule has 0 saturated carbocycles. The van der Waals surface area contributed by atoms with Crippen molar-refractivity contribution in [2.75, 3.05) is 27.1 Å². The van der Waals surface area contributed by atoms with Gasteiger partial charge in [-0.1, -0.05) is 11.8 Å². The minimum absolute atomic E-state index is 0.161. The lowest BCUT2D eigenvalue weighted by Crippen LogP contribution is -2.28. The minimum Gasteiger partial charge on any atom is -0.493 e. The monoisotopic (exact) mass is 745 g/mol. The molecule has 0 amide bonds. The Morgan fingerprint density at radius 3 is 2.20 bits per heavy atom. The third-order valence-corrected chi connectivity index (χ3v) is 10.8. The van der Waals surface area contributed by atoms with Crippen molar-refractivity contribution in [1.29, 1.82) is 5.26 Å². The summed E-state index contributed by atoms with van der Waals surface area (Å²) in [6, 6.07) is 4.62. The summed E-state index contributed by atoms with van der Waals surface area (Å²) < 4.78 is 90.2. The van der Waals surface area contributed by atoms with Gasteiger partial charge in [0.1, 0.15) is 16.5 Å². The van der Waals surface area contributed by atoms with Crippen molar-refractivity contribution in [2.24, 2.45) is 0 Å². The second-order valence-corrected chi connectivity index (χ2v) is 13.6. The van der Waals surface area contributed by atoms with Gasteiger partial charge in [-0.3, -0.25) is 18.7 Å². The molecular formula is C34H28F5N5O5S2. The van der Waals surface area contributed by atoms with Gasteiger partial charge in [0.15, 0.2) is 39.9 Å². The molecule has 1 aliphatic carbocycles. The molecule has 10 nitrogen and oxygen atoms in total. The predicted molar refractivity (Wildman–Crippen MR) is 180 cm³/mol. The zero-order valence-electron chi connectivity index (χ0n) is 27.4. The van der Waals surface area contributed by atoms with Crippen LogP contribution in [-0.2, 0) is 25.9 Å². The van der Waals surface area contributed by atoms with Crippen molar-refractivity contribution in [2.45, 2.75) is 50.4 Å². The van der Waals surface area contributed by atoms with Gasteiger partial charge in [0.05, 0.1) is 45.3 Å². The number of halogens is 5. The molecule has 0 unspecified atom stereocenters. The van der Waals surface area contributed by atoms with Crippen LogP contribution >= 0.6 is 23.1 Å². The van der Waals surface area contributed by atoms with Crippen LogP contribution in [0.1, 0.15) is 40.8 Å². The quantitative estimate of drug-likeness (QED) is 0.0379. The number of nitriles is 1. The SMILES string of the molecule is COc1cc(-c2nc(SCCCn3cnc4sc5c(c4c3=O)CCCC5)n(Cc3c(F)c(F)c(F)c(F)c3F)c(=O)c2C#N)cc(OC)c1OC. The first-order chi connectivity index (χ1) is 24.5. The van der Waals surface area contributed by atoms with E-state index in [1.165, 1.54) is 60.6 Å². The van der Waals surface area contributed by atoms with E-state index in [0.29, 0.717) is 21.2 Å². The number of aryl methyl sites for hydroxylation is 3. The van der Waals surface area contributed by atoms with E-state index in [1.54, 1.807) is 6.07 Å². The Morgan fingerprint density at radius 2 is 1.57 bits per heavy atom. The summed E-state index contributed by atoms with van der Waals surface area (Å²) in [6.07, 6.45) is 5.57. The Morgan fingerprint density at radius 1 is 0.922 bits per heavy atom. The maximum Gasteiger partial charge on any atom is 0.273 e. The summed E-state index contributed by atoms with van der Waals surface area (Å²) in [5.41, 5.74) is -2.08. The third-order valence-electron chi connectivity index (χ3n) is 8.52. The molecule has 51 heavy (non-hydrogen) atoms. The zero-order valence-corrected chi connectivity index (χ0v) is 29.0. The highest BCUT2D eigenvalue weighted by atomic mass is 32.2. The normalized spacial score (nSPS) is 12.5. The fourth-order valence-electron chi connectivity index (χ4n) is 6.00. The number of rotatable bonds is 11. The molecule has 0 fully saturated rings. The molecule has 2 aromatic carbocycles. The lowest BCUT2D eigenvalue weighted by Gasteiger charge is -2.18. The molecule has 0 atom stereocenters. The van der Waals surface area contributed by atoms with Crippen molar-refractivity contribution in [3.05, 3.63) is 89.8 Å².